The van der Waals surface area contributed by atoms with Crippen LogP contribution < -0.4 is 0 Å². The van der Waals surface area contributed by atoms with Gasteiger partial charge in [0, 0.05) is 0 Å². The zero-order chi connectivity index (χ0) is 18.1. The van der Waals surface area contributed by atoms with Gasteiger partial charge in [-0.05, 0) is 58.2 Å². The number of rotatable bonds is 3. The molecule has 0 amide bonds. The van der Waals surface area contributed by atoms with E-state index in [9.17, 15) is 14.0 Å². The van der Waals surface area contributed by atoms with E-state index < -0.39 is 17.0 Å². The van der Waals surface area contributed by atoms with E-state index in [1.165, 1.54) is 6.07 Å². The highest BCUT2D eigenvalue weighted by molar-refractivity contribution is 5.45. The van der Waals surface area contributed by atoms with Crippen LogP contribution in [0.2, 0.25) is 0 Å². The molecule has 0 saturated heterocycles. The maximum absolute atomic E-state index is 14.1. The highest BCUT2D eigenvalue weighted by Crippen LogP contribution is 2.32. The summed E-state index contributed by atoms with van der Waals surface area (Å²) in [7, 11) is 0. The summed E-state index contributed by atoms with van der Waals surface area (Å²) in [6.45, 7) is 9.96. The third-order valence-corrected chi connectivity index (χ3v) is 4.32. The van der Waals surface area contributed by atoms with Crippen molar-refractivity contribution < 1.29 is 8.78 Å². The predicted octanol–water partition coefficient (Wildman–Crippen LogP) is 5.65. The van der Waals surface area contributed by atoms with Crippen molar-refractivity contribution in [2.24, 2.45) is 0 Å². The van der Waals surface area contributed by atoms with Crippen LogP contribution in [-0.2, 0) is 17.3 Å². The molecule has 24 heavy (non-hydrogen) atoms. The van der Waals surface area contributed by atoms with Crippen LogP contribution in [-0.4, -0.2) is 0 Å². The SMILES string of the molecule is CC(C)(C)c1ccc(CC(C)(C)c2cc(F)ccc2F)cc1C#N. The lowest BCUT2D eigenvalue weighted by Gasteiger charge is -2.27. The molecule has 0 saturated carbocycles. The molecule has 0 aliphatic heterocycles. The van der Waals surface area contributed by atoms with Crippen LogP contribution in [0.25, 0.3) is 0 Å². The first-order chi connectivity index (χ1) is 11.0. The van der Waals surface area contributed by atoms with Gasteiger partial charge in [0.25, 0.3) is 0 Å². The van der Waals surface area contributed by atoms with E-state index in [1.807, 2.05) is 32.0 Å². The van der Waals surface area contributed by atoms with E-state index in [4.69, 9.17) is 0 Å². The van der Waals surface area contributed by atoms with Gasteiger partial charge < -0.3 is 0 Å². The molecule has 0 aliphatic rings. The van der Waals surface area contributed by atoms with Gasteiger partial charge in [-0.25, -0.2) is 8.78 Å². The molecule has 0 aliphatic carbocycles. The van der Waals surface area contributed by atoms with Crippen molar-refractivity contribution in [1.29, 1.82) is 5.26 Å². The molecule has 0 bridgehead atoms. The quantitative estimate of drug-likeness (QED) is 0.714. The fraction of sp³-hybridized carbons (Fsp3) is 0.381. The van der Waals surface area contributed by atoms with Crippen molar-refractivity contribution in [2.45, 2.75) is 51.9 Å². The minimum absolute atomic E-state index is 0.117. The van der Waals surface area contributed by atoms with Crippen molar-refractivity contribution in [1.82, 2.24) is 0 Å². The molecule has 126 valence electrons. The summed E-state index contributed by atoms with van der Waals surface area (Å²) in [4.78, 5) is 0. The highest BCUT2D eigenvalue weighted by Gasteiger charge is 2.26. The lowest BCUT2D eigenvalue weighted by Crippen LogP contribution is -2.23. The monoisotopic (exact) mass is 327 g/mol. The fourth-order valence-corrected chi connectivity index (χ4v) is 3.07. The Bertz CT molecular complexity index is 792. The second kappa shape index (κ2) is 6.36. The molecular formula is C21H23F2N. The topological polar surface area (TPSA) is 23.8 Å². The number of hydrogen-bond donors (Lipinski definition) is 0. The molecule has 0 spiro atoms. The molecule has 0 fully saturated rings. The Morgan fingerprint density at radius 2 is 1.58 bits per heavy atom. The van der Waals surface area contributed by atoms with Gasteiger partial charge in [-0.2, -0.15) is 5.26 Å². The average molecular weight is 327 g/mol. The fourth-order valence-electron chi connectivity index (χ4n) is 3.07. The summed E-state index contributed by atoms with van der Waals surface area (Å²) in [5, 5.41) is 9.44. The summed E-state index contributed by atoms with van der Waals surface area (Å²) in [5.74, 6) is -0.853. The third-order valence-electron chi connectivity index (χ3n) is 4.32. The first-order valence-electron chi connectivity index (χ1n) is 8.03. The van der Waals surface area contributed by atoms with Crippen molar-refractivity contribution in [2.75, 3.05) is 0 Å². The van der Waals surface area contributed by atoms with Crippen LogP contribution in [0, 0.1) is 23.0 Å². The maximum atomic E-state index is 14.1. The third kappa shape index (κ3) is 3.82. The van der Waals surface area contributed by atoms with Crippen LogP contribution in [0.5, 0.6) is 0 Å². The molecule has 0 unspecified atom stereocenters. The van der Waals surface area contributed by atoms with Gasteiger partial charge in [0.2, 0.25) is 0 Å². The standard InChI is InChI=1S/C21H23F2N/c1-20(2,3)17-8-6-14(10-15(17)13-24)12-21(4,5)18-11-16(22)7-9-19(18)23/h6-11H,12H2,1-5H3. The molecule has 2 aromatic carbocycles. The molecule has 0 radical (unpaired) electrons. The average Bonchev–Trinajstić information content (AvgIpc) is 2.47. The van der Waals surface area contributed by atoms with Gasteiger partial charge in [0.05, 0.1) is 11.6 Å². The van der Waals surface area contributed by atoms with Gasteiger partial charge in [-0.3, -0.25) is 0 Å². The summed E-state index contributed by atoms with van der Waals surface area (Å²) >= 11 is 0. The molecule has 1 nitrogen and oxygen atoms in total. The van der Waals surface area contributed by atoms with E-state index in [0.29, 0.717) is 17.5 Å². The van der Waals surface area contributed by atoms with Gasteiger partial charge >= 0.3 is 0 Å². The van der Waals surface area contributed by atoms with Crippen LogP contribution >= 0.6 is 0 Å². The van der Waals surface area contributed by atoms with E-state index in [1.54, 1.807) is 0 Å². The van der Waals surface area contributed by atoms with Crippen LogP contribution in [0.3, 0.4) is 0 Å². The van der Waals surface area contributed by atoms with Gasteiger partial charge in [0.1, 0.15) is 11.6 Å². The zero-order valence-electron chi connectivity index (χ0n) is 14.9. The predicted molar refractivity (Wildman–Crippen MR) is 92.9 cm³/mol. The Balaban J connectivity index is 2.40. The first kappa shape index (κ1) is 18.1. The van der Waals surface area contributed by atoms with Crippen molar-refractivity contribution in [3.8, 4) is 6.07 Å². The van der Waals surface area contributed by atoms with Crippen molar-refractivity contribution in [3.63, 3.8) is 0 Å². The summed E-state index contributed by atoms with van der Waals surface area (Å²) < 4.78 is 27.6. The number of benzene rings is 2. The zero-order valence-corrected chi connectivity index (χ0v) is 14.9. The molecule has 3 heteroatoms. The molecule has 0 aromatic heterocycles. The summed E-state index contributed by atoms with van der Waals surface area (Å²) in [6.07, 6.45) is 0.520. The normalized spacial score (nSPS) is 12.1. The number of hydrogen-bond acceptors (Lipinski definition) is 1. The van der Waals surface area contributed by atoms with Crippen LogP contribution in [0.4, 0.5) is 8.78 Å². The van der Waals surface area contributed by atoms with Crippen LogP contribution in [0.15, 0.2) is 36.4 Å². The van der Waals surface area contributed by atoms with E-state index in [2.05, 4.69) is 26.8 Å². The second-order valence-electron chi connectivity index (χ2n) is 7.93. The smallest absolute Gasteiger partial charge is 0.127 e. The number of nitrogens with zero attached hydrogens (tertiary/aromatic N) is 1. The molecule has 0 heterocycles. The van der Waals surface area contributed by atoms with Crippen LogP contribution in [0.1, 0.15) is 56.9 Å². The van der Waals surface area contributed by atoms with E-state index in [-0.39, 0.29) is 5.41 Å². The van der Waals surface area contributed by atoms with Gasteiger partial charge in [0.15, 0.2) is 0 Å². The molecular weight excluding hydrogens is 304 g/mol. The Morgan fingerprint density at radius 1 is 0.917 bits per heavy atom. The van der Waals surface area contributed by atoms with Crippen molar-refractivity contribution in [3.05, 3.63) is 70.3 Å². The van der Waals surface area contributed by atoms with E-state index in [0.717, 1.165) is 23.3 Å². The highest BCUT2D eigenvalue weighted by atomic mass is 19.1. The van der Waals surface area contributed by atoms with E-state index >= 15 is 0 Å². The lowest BCUT2D eigenvalue weighted by molar-refractivity contribution is 0.473. The number of nitriles is 1. The Morgan fingerprint density at radius 3 is 2.17 bits per heavy atom. The summed E-state index contributed by atoms with van der Waals surface area (Å²) in [6, 6.07) is 11.6. The minimum Gasteiger partial charge on any atom is -0.207 e. The van der Waals surface area contributed by atoms with Gasteiger partial charge in [-0.15, -0.1) is 0 Å². The number of halogens is 2. The molecule has 2 aromatic rings. The molecule has 0 atom stereocenters. The summed E-state index contributed by atoms with van der Waals surface area (Å²) in [5.41, 5.74) is 2.21. The van der Waals surface area contributed by atoms with Gasteiger partial charge in [-0.1, -0.05) is 46.8 Å². The van der Waals surface area contributed by atoms with Crippen molar-refractivity contribution >= 4 is 0 Å². The Hall–Kier alpha value is -2.21. The maximum Gasteiger partial charge on any atom is 0.127 e. The second-order valence-corrected chi connectivity index (χ2v) is 7.93. The molecule has 0 N–H and O–H groups in total. The first-order valence-corrected chi connectivity index (χ1v) is 8.03. The Labute approximate surface area is 142 Å². The largest absolute Gasteiger partial charge is 0.207 e. The lowest BCUT2D eigenvalue weighted by atomic mass is 9.77. The minimum atomic E-state index is -0.581. The molecule has 2 rings (SSSR count). The Kier molecular flexibility index (Phi) is 4.80.